The Bertz CT molecular complexity index is 1240. The first-order valence-electron chi connectivity index (χ1n) is 10.2. The standard InChI is InChI=1S/C24H22F4N2O3/c1-22(2)12-23(33,24(26,27)28)20(15-10-11-16(25)19(31)18(15)22)30-21(32)29-17-9-5-7-13-6-3-4-8-14(13)17/h3-11,20,31,33H,12H2,1-2H3,(H2,29,30,32). The number of phenols is 1. The highest BCUT2D eigenvalue weighted by molar-refractivity contribution is 6.01. The highest BCUT2D eigenvalue weighted by atomic mass is 19.4. The van der Waals surface area contributed by atoms with Gasteiger partial charge in [-0.1, -0.05) is 56.3 Å². The molecule has 0 saturated carbocycles. The second-order valence-electron chi connectivity index (χ2n) is 8.90. The highest BCUT2D eigenvalue weighted by Crippen LogP contribution is 2.55. The molecule has 1 aliphatic carbocycles. The number of carbonyl (C=O) groups is 1. The number of amides is 2. The minimum Gasteiger partial charge on any atom is -0.505 e. The summed E-state index contributed by atoms with van der Waals surface area (Å²) in [5, 5.41) is 27.4. The molecule has 0 heterocycles. The number of phenolic OH excluding ortho intramolecular Hbond substituents is 1. The molecule has 2 amide bonds. The number of carbonyl (C=O) groups excluding carboxylic acids is 1. The van der Waals surface area contributed by atoms with Crippen LogP contribution in [-0.4, -0.2) is 28.0 Å². The summed E-state index contributed by atoms with van der Waals surface area (Å²) in [5.74, 6) is -1.80. The zero-order chi connectivity index (χ0) is 24.2. The maximum atomic E-state index is 14.1. The number of halogens is 4. The van der Waals surface area contributed by atoms with Crippen LogP contribution in [0.2, 0.25) is 0 Å². The summed E-state index contributed by atoms with van der Waals surface area (Å²) in [7, 11) is 0. The number of rotatable bonds is 2. The number of nitrogens with one attached hydrogen (secondary N) is 2. The average molecular weight is 462 g/mol. The van der Waals surface area contributed by atoms with Crippen molar-refractivity contribution in [3.8, 4) is 5.75 Å². The minimum absolute atomic E-state index is 0.0908. The first-order valence-corrected chi connectivity index (χ1v) is 10.2. The molecule has 174 valence electrons. The summed E-state index contributed by atoms with van der Waals surface area (Å²) >= 11 is 0. The lowest BCUT2D eigenvalue weighted by atomic mass is 9.63. The van der Waals surface area contributed by atoms with E-state index < -0.39 is 47.3 Å². The first kappa shape index (κ1) is 22.8. The molecule has 0 bridgehead atoms. The average Bonchev–Trinajstić information content (AvgIpc) is 2.72. The van der Waals surface area contributed by atoms with Crippen molar-refractivity contribution in [2.24, 2.45) is 0 Å². The van der Waals surface area contributed by atoms with E-state index in [1.807, 2.05) is 18.2 Å². The fourth-order valence-electron chi connectivity index (χ4n) is 4.74. The zero-order valence-corrected chi connectivity index (χ0v) is 17.8. The van der Waals surface area contributed by atoms with E-state index in [9.17, 15) is 32.6 Å². The molecule has 2 unspecified atom stereocenters. The van der Waals surface area contributed by atoms with Crippen molar-refractivity contribution in [1.82, 2.24) is 5.32 Å². The molecular formula is C24H22F4N2O3. The van der Waals surface area contributed by atoms with Crippen LogP contribution in [-0.2, 0) is 5.41 Å². The van der Waals surface area contributed by atoms with Gasteiger partial charge in [-0.15, -0.1) is 0 Å². The third-order valence-electron chi connectivity index (χ3n) is 6.14. The van der Waals surface area contributed by atoms with Crippen LogP contribution in [0.25, 0.3) is 10.8 Å². The van der Waals surface area contributed by atoms with Gasteiger partial charge in [0.2, 0.25) is 0 Å². The van der Waals surface area contributed by atoms with Gasteiger partial charge < -0.3 is 20.8 Å². The number of anilines is 1. The Labute approximate surface area is 187 Å². The molecule has 4 rings (SSSR count). The largest absolute Gasteiger partial charge is 0.505 e. The van der Waals surface area contributed by atoms with E-state index in [1.165, 1.54) is 13.8 Å². The highest BCUT2D eigenvalue weighted by Gasteiger charge is 2.64. The van der Waals surface area contributed by atoms with Gasteiger partial charge in [-0.25, -0.2) is 9.18 Å². The van der Waals surface area contributed by atoms with Crippen LogP contribution in [0.1, 0.15) is 37.4 Å². The molecule has 0 radical (unpaired) electrons. The number of aliphatic hydroxyl groups is 1. The fraction of sp³-hybridized carbons (Fsp3) is 0.292. The number of fused-ring (bicyclic) bond motifs is 2. The molecule has 4 N–H and O–H groups in total. The lowest BCUT2D eigenvalue weighted by Crippen LogP contribution is -2.61. The molecule has 0 aliphatic heterocycles. The maximum absolute atomic E-state index is 14.1. The zero-order valence-electron chi connectivity index (χ0n) is 17.8. The van der Waals surface area contributed by atoms with Gasteiger partial charge in [-0.05, 0) is 34.9 Å². The molecule has 5 nitrogen and oxygen atoms in total. The predicted octanol–water partition coefficient (Wildman–Crippen LogP) is 5.52. The van der Waals surface area contributed by atoms with E-state index in [-0.39, 0.29) is 11.1 Å². The van der Waals surface area contributed by atoms with Crippen LogP contribution >= 0.6 is 0 Å². The van der Waals surface area contributed by atoms with Gasteiger partial charge in [0.1, 0.15) is 0 Å². The van der Waals surface area contributed by atoms with Crippen LogP contribution < -0.4 is 10.6 Å². The summed E-state index contributed by atoms with van der Waals surface area (Å²) < 4.78 is 56.4. The Balaban J connectivity index is 1.77. The summed E-state index contributed by atoms with van der Waals surface area (Å²) in [4.78, 5) is 12.8. The number of alkyl halides is 3. The molecule has 3 aromatic rings. The fourth-order valence-corrected chi connectivity index (χ4v) is 4.74. The summed E-state index contributed by atoms with van der Waals surface area (Å²) in [6.45, 7) is 2.74. The minimum atomic E-state index is -5.12. The maximum Gasteiger partial charge on any atom is 0.419 e. The Morgan fingerprint density at radius 3 is 2.42 bits per heavy atom. The van der Waals surface area contributed by atoms with Gasteiger partial charge >= 0.3 is 12.2 Å². The number of hydrogen-bond donors (Lipinski definition) is 4. The van der Waals surface area contributed by atoms with Crippen molar-refractivity contribution in [2.75, 3.05) is 5.32 Å². The van der Waals surface area contributed by atoms with Gasteiger partial charge in [0.15, 0.2) is 17.2 Å². The lowest BCUT2D eigenvalue weighted by Gasteiger charge is -2.48. The monoisotopic (exact) mass is 462 g/mol. The van der Waals surface area contributed by atoms with Crippen molar-refractivity contribution in [2.45, 2.75) is 43.5 Å². The molecular weight excluding hydrogens is 440 g/mol. The number of urea groups is 1. The Morgan fingerprint density at radius 1 is 1.06 bits per heavy atom. The van der Waals surface area contributed by atoms with Crippen molar-refractivity contribution in [1.29, 1.82) is 0 Å². The van der Waals surface area contributed by atoms with Crippen LogP contribution in [0, 0.1) is 5.82 Å². The topological polar surface area (TPSA) is 81.6 Å². The van der Waals surface area contributed by atoms with E-state index in [0.29, 0.717) is 11.1 Å². The van der Waals surface area contributed by atoms with Crippen LogP contribution in [0.5, 0.6) is 5.75 Å². The van der Waals surface area contributed by atoms with Crippen LogP contribution in [0.4, 0.5) is 28.0 Å². The van der Waals surface area contributed by atoms with Gasteiger partial charge in [-0.2, -0.15) is 13.2 Å². The summed E-state index contributed by atoms with van der Waals surface area (Å²) in [6, 6.07) is 11.1. The molecule has 1 aliphatic rings. The quantitative estimate of drug-likeness (QED) is 0.379. The Hall–Kier alpha value is -3.33. The van der Waals surface area contributed by atoms with Gasteiger partial charge in [0, 0.05) is 10.9 Å². The normalized spacial score (nSPS) is 22.0. The van der Waals surface area contributed by atoms with Crippen LogP contribution in [0.15, 0.2) is 54.6 Å². The molecule has 0 saturated heterocycles. The molecule has 0 aromatic heterocycles. The molecule has 9 heteroatoms. The Kier molecular flexibility index (Phi) is 5.28. The first-order chi connectivity index (χ1) is 15.3. The third-order valence-corrected chi connectivity index (χ3v) is 6.14. The van der Waals surface area contributed by atoms with E-state index >= 15 is 0 Å². The third kappa shape index (κ3) is 3.76. The number of aromatic hydroxyl groups is 1. The smallest absolute Gasteiger partial charge is 0.419 e. The van der Waals surface area contributed by atoms with E-state index in [4.69, 9.17) is 0 Å². The molecule has 33 heavy (non-hydrogen) atoms. The Morgan fingerprint density at radius 2 is 1.73 bits per heavy atom. The summed E-state index contributed by atoms with van der Waals surface area (Å²) in [6.07, 6.45) is -6.02. The number of hydrogen-bond acceptors (Lipinski definition) is 3. The number of benzene rings is 3. The molecule has 0 spiro atoms. The molecule has 3 aromatic carbocycles. The van der Waals surface area contributed by atoms with E-state index in [2.05, 4.69) is 10.6 Å². The SMILES string of the molecule is CC1(C)CC(O)(C(F)(F)F)C(NC(=O)Nc2cccc3ccccc23)c2ccc(F)c(O)c21. The van der Waals surface area contributed by atoms with E-state index in [0.717, 1.165) is 17.5 Å². The van der Waals surface area contributed by atoms with Crippen molar-refractivity contribution < 1.29 is 32.6 Å². The molecule has 0 fully saturated rings. The second kappa shape index (κ2) is 7.62. The summed E-state index contributed by atoms with van der Waals surface area (Å²) in [5.41, 5.74) is -4.73. The van der Waals surface area contributed by atoms with Gasteiger partial charge in [-0.3, -0.25) is 0 Å². The molecule has 2 atom stereocenters. The van der Waals surface area contributed by atoms with Crippen molar-refractivity contribution >= 4 is 22.5 Å². The van der Waals surface area contributed by atoms with Crippen molar-refractivity contribution in [3.05, 3.63) is 71.5 Å². The predicted molar refractivity (Wildman–Crippen MR) is 116 cm³/mol. The van der Waals surface area contributed by atoms with Gasteiger partial charge in [0.25, 0.3) is 0 Å². The van der Waals surface area contributed by atoms with Crippen LogP contribution in [0.3, 0.4) is 0 Å². The van der Waals surface area contributed by atoms with E-state index in [1.54, 1.807) is 24.3 Å². The van der Waals surface area contributed by atoms with Gasteiger partial charge in [0.05, 0.1) is 11.7 Å². The second-order valence-corrected chi connectivity index (χ2v) is 8.90. The van der Waals surface area contributed by atoms with Crippen molar-refractivity contribution in [3.63, 3.8) is 0 Å². The lowest BCUT2D eigenvalue weighted by molar-refractivity contribution is -0.280.